The van der Waals surface area contributed by atoms with Crippen molar-refractivity contribution < 1.29 is 4.79 Å². The Balaban J connectivity index is 1.81. The van der Waals surface area contributed by atoms with Crippen molar-refractivity contribution in [3.63, 3.8) is 0 Å². The lowest BCUT2D eigenvalue weighted by Crippen LogP contribution is -2.13. The Labute approximate surface area is 169 Å². The van der Waals surface area contributed by atoms with Gasteiger partial charge in [0.2, 0.25) is 0 Å². The zero-order chi connectivity index (χ0) is 19.5. The second kappa shape index (κ2) is 7.83. The summed E-state index contributed by atoms with van der Waals surface area (Å²) in [7, 11) is 0. The first-order chi connectivity index (χ1) is 13.7. The van der Waals surface area contributed by atoms with Gasteiger partial charge in [-0.2, -0.15) is 0 Å². The third kappa shape index (κ3) is 3.62. The molecule has 3 nitrogen and oxygen atoms in total. The fourth-order valence-corrected chi connectivity index (χ4v) is 3.47. The second-order valence-corrected chi connectivity index (χ2v) is 6.97. The lowest BCUT2D eigenvalue weighted by Gasteiger charge is -2.12. The van der Waals surface area contributed by atoms with Crippen LogP contribution in [0.1, 0.15) is 22.8 Å². The molecule has 0 aliphatic heterocycles. The highest BCUT2D eigenvalue weighted by molar-refractivity contribution is 6.33. The molecule has 0 saturated carbocycles. The number of fused-ring (bicyclic) bond motifs is 1. The van der Waals surface area contributed by atoms with E-state index in [0.29, 0.717) is 16.3 Å². The summed E-state index contributed by atoms with van der Waals surface area (Å²) in [5.74, 6) is -0.167. The maximum absolute atomic E-state index is 13.1. The van der Waals surface area contributed by atoms with Crippen LogP contribution in [0.15, 0.2) is 78.9 Å². The molecule has 0 aliphatic carbocycles. The van der Waals surface area contributed by atoms with Crippen molar-refractivity contribution in [1.29, 1.82) is 0 Å². The Kier molecular flexibility index (Phi) is 5.09. The molecule has 4 rings (SSSR count). The van der Waals surface area contributed by atoms with Crippen molar-refractivity contribution in [3.05, 3.63) is 95.0 Å². The van der Waals surface area contributed by atoms with Gasteiger partial charge in [-0.1, -0.05) is 67.1 Å². The van der Waals surface area contributed by atoms with E-state index in [1.807, 2.05) is 78.9 Å². The van der Waals surface area contributed by atoms with Crippen molar-refractivity contribution in [2.45, 2.75) is 13.3 Å². The Morgan fingerprint density at radius 2 is 1.75 bits per heavy atom. The number of aromatic nitrogens is 1. The number of nitrogens with one attached hydrogen (secondary N) is 1. The monoisotopic (exact) mass is 386 g/mol. The zero-order valence-corrected chi connectivity index (χ0v) is 16.2. The van der Waals surface area contributed by atoms with Gasteiger partial charge in [-0.05, 0) is 42.3 Å². The first-order valence-electron chi connectivity index (χ1n) is 9.20. The first-order valence-corrected chi connectivity index (χ1v) is 9.58. The van der Waals surface area contributed by atoms with Crippen molar-refractivity contribution >= 4 is 34.1 Å². The quantitative estimate of drug-likeness (QED) is 0.442. The van der Waals surface area contributed by atoms with Crippen molar-refractivity contribution in [2.75, 3.05) is 5.32 Å². The van der Waals surface area contributed by atoms with E-state index in [-0.39, 0.29) is 5.91 Å². The van der Waals surface area contributed by atoms with E-state index in [9.17, 15) is 4.79 Å². The molecule has 0 bridgehead atoms. The van der Waals surface area contributed by atoms with Gasteiger partial charge in [0, 0.05) is 21.7 Å². The summed E-state index contributed by atoms with van der Waals surface area (Å²) < 4.78 is 0. The fourth-order valence-electron chi connectivity index (χ4n) is 3.24. The number of benzene rings is 3. The van der Waals surface area contributed by atoms with Gasteiger partial charge in [0.15, 0.2) is 0 Å². The minimum atomic E-state index is -0.167. The smallest absolute Gasteiger partial charge is 0.256 e. The van der Waals surface area contributed by atoms with E-state index in [2.05, 4.69) is 12.2 Å². The molecule has 0 fully saturated rings. The number of amides is 1. The Bertz CT molecular complexity index is 1170. The molecule has 1 amide bonds. The van der Waals surface area contributed by atoms with Crippen LogP contribution in [0.25, 0.3) is 22.2 Å². The van der Waals surface area contributed by atoms with Gasteiger partial charge in [-0.3, -0.25) is 4.79 Å². The van der Waals surface area contributed by atoms with Crippen molar-refractivity contribution in [3.8, 4) is 11.3 Å². The average Bonchev–Trinajstić information content (AvgIpc) is 2.73. The molecule has 0 atom stereocenters. The molecular formula is C24H19ClN2O. The number of hydrogen-bond acceptors (Lipinski definition) is 2. The van der Waals surface area contributed by atoms with Crippen LogP contribution in [0.4, 0.5) is 5.69 Å². The van der Waals surface area contributed by atoms with E-state index < -0.39 is 0 Å². The van der Waals surface area contributed by atoms with E-state index in [0.717, 1.165) is 28.6 Å². The summed E-state index contributed by atoms with van der Waals surface area (Å²) in [4.78, 5) is 17.8. The number of pyridine rings is 1. The first kappa shape index (κ1) is 18.2. The fraction of sp³-hybridized carbons (Fsp3) is 0.0833. The number of nitrogens with zero attached hydrogens (tertiary/aromatic N) is 1. The summed E-state index contributed by atoms with van der Waals surface area (Å²) in [6.45, 7) is 2.09. The highest BCUT2D eigenvalue weighted by Gasteiger charge is 2.15. The number of carbonyl (C=O) groups is 1. The van der Waals surface area contributed by atoms with E-state index >= 15 is 0 Å². The van der Waals surface area contributed by atoms with Crippen molar-refractivity contribution in [1.82, 2.24) is 4.98 Å². The zero-order valence-electron chi connectivity index (χ0n) is 15.4. The molecule has 0 radical (unpaired) electrons. The van der Waals surface area contributed by atoms with Gasteiger partial charge in [0.05, 0.1) is 16.8 Å². The van der Waals surface area contributed by atoms with Gasteiger partial charge in [-0.15, -0.1) is 0 Å². The lowest BCUT2D eigenvalue weighted by molar-refractivity contribution is 0.102. The van der Waals surface area contributed by atoms with Crippen LogP contribution in [0.2, 0.25) is 5.02 Å². The molecule has 1 N–H and O–H groups in total. The molecule has 4 aromatic rings. The highest BCUT2D eigenvalue weighted by atomic mass is 35.5. The molecule has 4 heteroatoms. The molecule has 28 heavy (non-hydrogen) atoms. The Morgan fingerprint density at radius 1 is 0.964 bits per heavy atom. The molecule has 1 aromatic heterocycles. The standard InChI is InChI=1S/C24H19ClN2O/c1-2-16-8-7-9-17(14-16)26-24(28)20-15-23(19-11-3-5-12-21(19)25)27-22-13-6-4-10-18(20)22/h3-15H,2H2,1H3,(H,26,28). The van der Waals surface area contributed by atoms with Crippen molar-refractivity contribution in [2.24, 2.45) is 0 Å². The van der Waals surface area contributed by atoms with Crippen LogP contribution in [-0.4, -0.2) is 10.9 Å². The maximum atomic E-state index is 13.1. The predicted octanol–water partition coefficient (Wildman–Crippen LogP) is 6.37. The molecule has 0 unspecified atom stereocenters. The van der Waals surface area contributed by atoms with Crippen LogP contribution < -0.4 is 5.32 Å². The predicted molar refractivity (Wildman–Crippen MR) is 116 cm³/mol. The van der Waals surface area contributed by atoms with E-state index in [4.69, 9.17) is 16.6 Å². The third-order valence-corrected chi connectivity index (χ3v) is 5.03. The van der Waals surface area contributed by atoms with Crippen LogP contribution in [0.5, 0.6) is 0 Å². The summed E-state index contributed by atoms with van der Waals surface area (Å²) >= 11 is 6.36. The number of carbonyl (C=O) groups excluding carboxylic acids is 1. The summed E-state index contributed by atoms with van der Waals surface area (Å²) in [5, 5.41) is 4.43. The third-order valence-electron chi connectivity index (χ3n) is 4.70. The number of aryl methyl sites for hydroxylation is 1. The Morgan fingerprint density at radius 3 is 2.57 bits per heavy atom. The SMILES string of the molecule is CCc1cccc(NC(=O)c2cc(-c3ccccc3Cl)nc3ccccc23)c1. The summed E-state index contributed by atoms with van der Waals surface area (Å²) in [6, 6.07) is 24.9. The number of rotatable bonds is 4. The minimum Gasteiger partial charge on any atom is -0.322 e. The lowest BCUT2D eigenvalue weighted by atomic mass is 10.0. The van der Waals surface area contributed by atoms with Crippen LogP contribution in [0, 0.1) is 0 Å². The van der Waals surface area contributed by atoms with Gasteiger partial charge in [0.1, 0.15) is 0 Å². The number of halogens is 1. The highest BCUT2D eigenvalue weighted by Crippen LogP contribution is 2.30. The van der Waals surface area contributed by atoms with E-state index in [1.165, 1.54) is 5.56 Å². The van der Waals surface area contributed by atoms with Gasteiger partial charge in [-0.25, -0.2) is 4.98 Å². The summed E-state index contributed by atoms with van der Waals surface area (Å²) in [5.41, 5.74) is 4.77. The van der Waals surface area contributed by atoms with Gasteiger partial charge in [0.25, 0.3) is 5.91 Å². The normalized spacial score (nSPS) is 10.8. The molecule has 0 saturated heterocycles. The molecule has 0 aliphatic rings. The number of hydrogen-bond donors (Lipinski definition) is 1. The topological polar surface area (TPSA) is 42.0 Å². The number of anilines is 1. The molecule has 3 aromatic carbocycles. The second-order valence-electron chi connectivity index (χ2n) is 6.56. The summed E-state index contributed by atoms with van der Waals surface area (Å²) in [6.07, 6.45) is 0.915. The van der Waals surface area contributed by atoms with Gasteiger partial charge >= 0.3 is 0 Å². The Hall–Kier alpha value is -3.17. The van der Waals surface area contributed by atoms with Crippen LogP contribution in [-0.2, 0) is 6.42 Å². The number of para-hydroxylation sites is 1. The van der Waals surface area contributed by atoms with Crippen LogP contribution >= 0.6 is 11.6 Å². The van der Waals surface area contributed by atoms with Gasteiger partial charge < -0.3 is 5.32 Å². The molecule has 0 spiro atoms. The molecule has 138 valence electrons. The molecule has 1 heterocycles. The average molecular weight is 387 g/mol. The van der Waals surface area contributed by atoms with Crippen LogP contribution in [0.3, 0.4) is 0 Å². The minimum absolute atomic E-state index is 0.167. The van der Waals surface area contributed by atoms with E-state index in [1.54, 1.807) is 0 Å². The molecular weight excluding hydrogens is 368 g/mol. The maximum Gasteiger partial charge on any atom is 0.256 e. The largest absolute Gasteiger partial charge is 0.322 e.